The van der Waals surface area contributed by atoms with E-state index in [0.29, 0.717) is 11.7 Å². The molecular formula is C18H22N4O2. The van der Waals surface area contributed by atoms with Crippen LogP contribution in [0.3, 0.4) is 0 Å². The standard InChI is InChI=1S/C18H22N4O2/c1-21(17-10-19-16(9-20-17)18(23)24)11-15-7-8-22(13-15)12-14-5-3-2-4-6-14/h2-6,9-10,15H,7-8,11-13H2,1H3,(H,23,24). The molecule has 1 unspecified atom stereocenters. The Morgan fingerprint density at radius 1 is 1.29 bits per heavy atom. The number of carboxylic acids is 1. The maximum absolute atomic E-state index is 10.8. The van der Waals surface area contributed by atoms with Crippen molar-refractivity contribution in [2.24, 2.45) is 5.92 Å². The number of carbonyl (C=O) groups is 1. The van der Waals surface area contributed by atoms with Crippen molar-refractivity contribution in [1.29, 1.82) is 0 Å². The average molecular weight is 326 g/mol. The first-order valence-corrected chi connectivity index (χ1v) is 8.14. The van der Waals surface area contributed by atoms with Crippen LogP contribution < -0.4 is 4.90 Å². The van der Waals surface area contributed by atoms with E-state index in [1.807, 2.05) is 13.1 Å². The van der Waals surface area contributed by atoms with E-state index in [0.717, 1.165) is 32.6 Å². The number of hydrogen-bond acceptors (Lipinski definition) is 5. The molecule has 24 heavy (non-hydrogen) atoms. The molecule has 1 aromatic heterocycles. The molecule has 0 radical (unpaired) electrons. The Balaban J connectivity index is 1.52. The second kappa shape index (κ2) is 7.40. The largest absolute Gasteiger partial charge is 0.476 e. The number of benzene rings is 1. The third-order valence-electron chi connectivity index (χ3n) is 4.40. The summed E-state index contributed by atoms with van der Waals surface area (Å²) >= 11 is 0. The molecule has 1 fully saturated rings. The SMILES string of the molecule is CN(CC1CCN(Cc2ccccc2)C1)c1cnc(C(=O)O)cn1. The summed E-state index contributed by atoms with van der Waals surface area (Å²) in [6, 6.07) is 10.5. The molecule has 3 rings (SSSR count). The summed E-state index contributed by atoms with van der Waals surface area (Å²) < 4.78 is 0. The summed E-state index contributed by atoms with van der Waals surface area (Å²) in [4.78, 5) is 23.5. The van der Waals surface area contributed by atoms with Gasteiger partial charge in [0.05, 0.1) is 12.4 Å². The number of nitrogens with zero attached hydrogens (tertiary/aromatic N) is 4. The number of anilines is 1. The van der Waals surface area contributed by atoms with Crippen molar-refractivity contribution in [2.45, 2.75) is 13.0 Å². The van der Waals surface area contributed by atoms with Crippen LogP contribution in [0.25, 0.3) is 0 Å². The van der Waals surface area contributed by atoms with Gasteiger partial charge < -0.3 is 10.0 Å². The van der Waals surface area contributed by atoms with Crippen molar-refractivity contribution < 1.29 is 9.90 Å². The molecule has 1 saturated heterocycles. The number of hydrogen-bond donors (Lipinski definition) is 1. The smallest absolute Gasteiger partial charge is 0.356 e. The van der Waals surface area contributed by atoms with Gasteiger partial charge in [0.2, 0.25) is 0 Å². The topological polar surface area (TPSA) is 69.6 Å². The van der Waals surface area contributed by atoms with E-state index in [-0.39, 0.29) is 5.69 Å². The summed E-state index contributed by atoms with van der Waals surface area (Å²) in [6.45, 7) is 4.07. The fourth-order valence-electron chi connectivity index (χ4n) is 3.16. The van der Waals surface area contributed by atoms with Gasteiger partial charge in [0, 0.05) is 26.7 Å². The highest BCUT2D eigenvalue weighted by Gasteiger charge is 2.24. The highest BCUT2D eigenvalue weighted by atomic mass is 16.4. The highest BCUT2D eigenvalue weighted by Crippen LogP contribution is 2.21. The van der Waals surface area contributed by atoms with Gasteiger partial charge in [-0.05, 0) is 24.4 Å². The lowest BCUT2D eigenvalue weighted by Gasteiger charge is -2.22. The van der Waals surface area contributed by atoms with Crippen molar-refractivity contribution in [2.75, 3.05) is 31.6 Å². The molecule has 0 bridgehead atoms. The van der Waals surface area contributed by atoms with Crippen molar-refractivity contribution in [3.05, 3.63) is 54.0 Å². The van der Waals surface area contributed by atoms with E-state index in [1.165, 1.54) is 18.0 Å². The number of aromatic carboxylic acids is 1. The van der Waals surface area contributed by atoms with Crippen LogP contribution in [-0.4, -0.2) is 52.6 Å². The monoisotopic (exact) mass is 326 g/mol. The Kier molecular flexibility index (Phi) is 5.05. The fraction of sp³-hybridized carbons (Fsp3) is 0.389. The molecule has 0 aliphatic carbocycles. The average Bonchev–Trinajstić information content (AvgIpc) is 3.02. The van der Waals surface area contributed by atoms with E-state index < -0.39 is 5.97 Å². The van der Waals surface area contributed by atoms with E-state index in [9.17, 15) is 4.79 Å². The minimum Gasteiger partial charge on any atom is -0.476 e. The van der Waals surface area contributed by atoms with Crippen molar-refractivity contribution in [3.63, 3.8) is 0 Å². The van der Waals surface area contributed by atoms with Gasteiger partial charge in [-0.3, -0.25) is 4.90 Å². The number of likely N-dealkylation sites (tertiary alicyclic amines) is 1. The normalized spacial score (nSPS) is 17.8. The Labute approximate surface area is 141 Å². The molecule has 1 atom stereocenters. The summed E-state index contributed by atoms with van der Waals surface area (Å²) in [5.41, 5.74) is 1.32. The van der Waals surface area contributed by atoms with Crippen LogP contribution in [-0.2, 0) is 6.54 Å². The molecule has 2 heterocycles. The van der Waals surface area contributed by atoms with Crippen LogP contribution in [0.5, 0.6) is 0 Å². The Bertz CT molecular complexity index is 675. The maximum atomic E-state index is 10.8. The number of carboxylic acid groups (broad SMARTS) is 1. The molecular weight excluding hydrogens is 304 g/mol. The van der Waals surface area contributed by atoms with Gasteiger partial charge in [0.1, 0.15) is 5.82 Å². The third-order valence-corrected chi connectivity index (χ3v) is 4.40. The molecule has 126 valence electrons. The number of rotatable bonds is 6. The second-order valence-electron chi connectivity index (χ2n) is 6.32. The predicted molar refractivity (Wildman–Crippen MR) is 92.1 cm³/mol. The van der Waals surface area contributed by atoms with Gasteiger partial charge in [-0.1, -0.05) is 30.3 Å². The lowest BCUT2D eigenvalue weighted by molar-refractivity contribution is 0.0690. The summed E-state index contributed by atoms with van der Waals surface area (Å²) in [5.74, 6) is 0.241. The molecule has 1 N–H and O–H groups in total. The van der Waals surface area contributed by atoms with E-state index in [2.05, 4.69) is 44.0 Å². The predicted octanol–water partition coefficient (Wildman–Crippen LogP) is 2.13. The molecule has 1 aromatic carbocycles. The molecule has 2 aromatic rings. The van der Waals surface area contributed by atoms with Crippen LogP contribution in [0, 0.1) is 5.92 Å². The van der Waals surface area contributed by atoms with Crippen LogP contribution in [0.4, 0.5) is 5.82 Å². The molecule has 6 heteroatoms. The van der Waals surface area contributed by atoms with E-state index in [1.54, 1.807) is 0 Å². The minimum absolute atomic E-state index is 0.0259. The first kappa shape index (κ1) is 16.4. The Hall–Kier alpha value is -2.47. The van der Waals surface area contributed by atoms with Gasteiger partial charge >= 0.3 is 5.97 Å². The Morgan fingerprint density at radius 3 is 2.75 bits per heavy atom. The zero-order valence-electron chi connectivity index (χ0n) is 13.8. The van der Waals surface area contributed by atoms with Crippen LogP contribution in [0.15, 0.2) is 42.7 Å². The van der Waals surface area contributed by atoms with Gasteiger partial charge in [-0.25, -0.2) is 14.8 Å². The van der Waals surface area contributed by atoms with Gasteiger partial charge in [0.25, 0.3) is 0 Å². The molecule has 6 nitrogen and oxygen atoms in total. The highest BCUT2D eigenvalue weighted by molar-refractivity contribution is 5.84. The van der Waals surface area contributed by atoms with Crippen LogP contribution in [0.2, 0.25) is 0 Å². The fourth-order valence-corrected chi connectivity index (χ4v) is 3.16. The van der Waals surface area contributed by atoms with Crippen LogP contribution >= 0.6 is 0 Å². The maximum Gasteiger partial charge on any atom is 0.356 e. The lowest BCUT2D eigenvalue weighted by atomic mass is 10.1. The van der Waals surface area contributed by atoms with Gasteiger partial charge in [-0.2, -0.15) is 0 Å². The minimum atomic E-state index is -1.05. The zero-order valence-corrected chi connectivity index (χ0v) is 13.8. The van der Waals surface area contributed by atoms with E-state index in [4.69, 9.17) is 5.11 Å². The van der Waals surface area contributed by atoms with Gasteiger partial charge in [0.15, 0.2) is 5.69 Å². The lowest BCUT2D eigenvalue weighted by Crippen LogP contribution is -2.28. The summed E-state index contributed by atoms with van der Waals surface area (Å²) in [5, 5.41) is 8.87. The van der Waals surface area contributed by atoms with E-state index >= 15 is 0 Å². The summed E-state index contributed by atoms with van der Waals surface area (Å²) in [7, 11) is 1.98. The molecule has 1 aliphatic heterocycles. The second-order valence-corrected chi connectivity index (χ2v) is 6.32. The molecule has 0 amide bonds. The first-order valence-electron chi connectivity index (χ1n) is 8.14. The van der Waals surface area contributed by atoms with Crippen molar-refractivity contribution >= 4 is 11.8 Å². The number of aromatic nitrogens is 2. The first-order chi connectivity index (χ1) is 11.6. The third kappa shape index (κ3) is 4.08. The molecule has 0 saturated carbocycles. The van der Waals surface area contributed by atoms with Crippen molar-refractivity contribution in [1.82, 2.24) is 14.9 Å². The molecule has 1 aliphatic rings. The quantitative estimate of drug-likeness (QED) is 0.877. The van der Waals surface area contributed by atoms with Crippen LogP contribution in [0.1, 0.15) is 22.5 Å². The van der Waals surface area contributed by atoms with Crippen molar-refractivity contribution in [3.8, 4) is 0 Å². The molecule has 0 spiro atoms. The van der Waals surface area contributed by atoms with Gasteiger partial charge in [-0.15, -0.1) is 0 Å². The zero-order chi connectivity index (χ0) is 16.9. The summed E-state index contributed by atoms with van der Waals surface area (Å²) in [6.07, 6.45) is 4.00. The Morgan fingerprint density at radius 2 is 2.08 bits per heavy atom.